The minimum atomic E-state index is -1.28. The quantitative estimate of drug-likeness (QED) is 0.774. The van der Waals surface area contributed by atoms with E-state index in [1.54, 1.807) is 6.07 Å². The van der Waals surface area contributed by atoms with Gasteiger partial charge in [-0.1, -0.05) is 0 Å². The molecule has 1 saturated heterocycles. The van der Waals surface area contributed by atoms with Crippen molar-refractivity contribution in [2.75, 3.05) is 31.1 Å². The first-order valence-corrected chi connectivity index (χ1v) is 8.13. The summed E-state index contributed by atoms with van der Waals surface area (Å²) in [7, 11) is 0. The molecular weight excluding hydrogens is 412 g/mol. The van der Waals surface area contributed by atoms with E-state index in [1.807, 2.05) is 9.47 Å². The summed E-state index contributed by atoms with van der Waals surface area (Å²) in [4.78, 5) is 25.7. The average Bonchev–Trinajstić information content (AvgIpc) is 3.40. The summed E-state index contributed by atoms with van der Waals surface area (Å²) in [6.45, 7) is 2.96. The molecule has 0 bridgehead atoms. The zero-order valence-corrected chi connectivity index (χ0v) is 15.3. The van der Waals surface area contributed by atoms with Crippen LogP contribution in [0.25, 0.3) is 10.9 Å². The Morgan fingerprint density at radius 3 is 2.52 bits per heavy atom. The van der Waals surface area contributed by atoms with E-state index in [2.05, 4.69) is 5.32 Å². The monoisotopic (exact) mass is 430 g/mol. The van der Waals surface area contributed by atoms with Gasteiger partial charge in [-0.05, 0) is 25.0 Å². The summed E-state index contributed by atoms with van der Waals surface area (Å²) in [6, 6.07) is 3.08. The number of aromatic nitrogens is 1. The topological polar surface area (TPSA) is 74.6 Å². The molecule has 8 heteroatoms. The van der Waals surface area contributed by atoms with Crippen LogP contribution in [0.15, 0.2) is 23.1 Å². The maximum atomic E-state index is 14.6. The summed E-state index contributed by atoms with van der Waals surface area (Å²) >= 11 is 0. The summed E-state index contributed by atoms with van der Waals surface area (Å²) < 4.78 is 16.4. The molecule has 1 saturated carbocycles. The number of aromatic carboxylic acids is 1. The Bertz CT molecular complexity index is 889. The second-order valence-corrected chi connectivity index (χ2v) is 6.37. The Labute approximate surface area is 157 Å². The van der Waals surface area contributed by atoms with Gasteiger partial charge in [-0.2, -0.15) is 0 Å². The molecule has 2 aliphatic rings. The third-order valence-corrected chi connectivity index (χ3v) is 4.73. The van der Waals surface area contributed by atoms with Gasteiger partial charge < -0.3 is 19.9 Å². The van der Waals surface area contributed by atoms with E-state index < -0.39 is 17.2 Å². The smallest absolute Gasteiger partial charge is 0.341 e. The normalized spacial score (nSPS) is 17.4. The van der Waals surface area contributed by atoms with Crippen LogP contribution in [0.2, 0.25) is 0 Å². The summed E-state index contributed by atoms with van der Waals surface area (Å²) in [5.41, 5.74) is 0.159. The van der Waals surface area contributed by atoms with Crippen LogP contribution < -0.4 is 15.6 Å². The molecule has 2 heterocycles. The van der Waals surface area contributed by atoms with Crippen molar-refractivity contribution >= 4 is 22.6 Å². The van der Waals surface area contributed by atoms with Gasteiger partial charge in [0.25, 0.3) is 0 Å². The second-order valence-electron chi connectivity index (χ2n) is 6.37. The number of fused-ring (bicyclic) bond motifs is 1. The van der Waals surface area contributed by atoms with Crippen LogP contribution in [0.4, 0.5) is 10.1 Å². The Morgan fingerprint density at radius 2 is 1.92 bits per heavy atom. The fourth-order valence-corrected chi connectivity index (χ4v) is 3.31. The maximum absolute atomic E-state index is 14.6. The molecule has 0 spiro atoms. The van der Waals surface area contributed by atoms with Crippen LogP contribution >= 0.6 is 0 Å². The van der Waals surface area contributed by atoms with Crippen molar-refractivity contribution < 1.29 is 34.4 Å². The molecule has 2 aromatic rings. The largest absolute Gasteiger partial charge is 0.477 e. The minimum absolute atomic E-state index is 0. The number of carboxylic acid groups (broad SMARTS) is 1. The number of carboxylic acids is 1. The van der Waals surface area contributed by atoms with Crippen molar-refractivity contribution in [3.05, 3.63) is 39.9 Å². The van der Waals surface area contributed by atoms with Crippen LogP contribution in [-0.2, 0) is 20.1 Å². The van der Waals surface area contributed by atoms with E-state index in [1.165, 1.54) is 12.3 Å². The molecule has 0 unspecified atom stereocenters. The zero-order chi connectivity index (χ0) is 16.8. The molecule has 0 atom stereocenters. The van der Waals surface area contributed by atoms with Gasteiger partial charge in [0, 0.05) is 63.9 Å². The Hall–Kier alpha value is -1.76. The molecule has 1 aromatic heterocycles. The minimum Gasteiger partial charge on any atom is -0.477 e. The van der Waals surface area contributed by atoms with E-state index in [4.69, 9.17) is 0 Å². The van der Waals surface area contributed by atoms with E-state index in [-0.39, 0.29) is 37.1 Å². The van der Waals surface area contributed by atoms with Crippen LogP contribution in [0, 0.1) is 5.82 Å². The molecular formula is C17H18FN3O3Tc. The predicted molar refractivity (Wildman–Crippen MR) is 88.5 cm³/mol. The number of nitrogens with one attached hydrogen (secondary N) is 1. The van der Waals surface area contributed by atoms with Gasteiger partial charge in [0.05, 0.1) is 11.2 Å². The van der Waals surface area contributed by atoms with Gasteiger partial charge >= 0.3 is 5.97 Å². The van der Waals surface area contributed by atoms with Gasteiger partial charge in [-0.3, -0.25) is 4.79 Å². The summed E-state index contributed by atoms with van der Waals surface area (Å²) in [5.74, 6) is -1.76. The van der Waals surface area contributed by atoms with Gasteiger partial charge in [-0.15, -0.1) is 0 Å². The number of hydrogen-bond acceptors (Lipinski definition) is 4. The molecule has 0 amide bonds. The number of piperazine rings is 1. The molecule has 1 radical (unpaired) electrons. The number of hydrogen-bond donors (Lipinski definition) is 2. The first-order valence-electron chi connectivity index (χ1n) is 8.13. The third-order valence-electron chi connectivity index (χ3n) is 4.73. The first kappa shape index (κ1) is 18.0. The van der Waals surface area contributed by atoms with Gasteiger partial charge in [0.15, 0.2) is 0 Å². The predicted octanol–water partition coefficient (Wildman–Crippen LogP) is 1.58. The zero-order valence-electron chi connectivity index (χ0n) is 13.5. The molecule has 6 nitrogen and oxygen atoms in total. The average molecular weight is 430 g/mol. The number of pyridine rings is 1. The standard InChI is InChI=1S/C17H18FN3O3.Tc/c18-13-7-11-14(8-15(13)20-5-3-19-4-6-20)21(10-1-2-10)9-12(16(11)22)17(23)24;/h7-10,19H,1-6H2,(H,23,24);/i;1+1. The van der Waals surface area contributed by atoms with Crippen LogP contribution in [0.1, 0.15) is 29.2 Å². The van der Waals surface area contributed by atoms with Crippen molar-refractivity contribution in [3.63, 3.8) is 0 Å². The van der Waals surface area contributed by atoms with Gasteiger partial charge in [-0.25, -0.2) is 9.18 Å². The Kier molecular flexibility index (Phi) is 4.95. The van der Waals surface area contributed by atoms with Crippen molar-refractivity contribution in [2.45, 2.75) is 18.9 Å². The van der Waals surface area contributed by atoms with Crippen LogP contribution in [0.5, 0.6) is 0 Å². The number of halogens is 1. The van der Waals surface area contributed by atoms with Crippen molar-refractivity contribution in [1.82, 2.24) is 9.88 Å². The molecule has 25 heavy (non-hydrogen) atoms. The fourth-order valence-electron chi connectivity index (χ4n) is 3.31. The number of carbonyl (C=O) groups is 1. The van der Waals surface area contributed by atoms with E-state index in [0.29, 0.717) is 24.3 Å². The van der Waals surface area contributed by atoms with Crippen LogP contribution in [0.3, 0.4) is 0 Å². The first-order chi connectivity index (χ1) is 11.6. The Morgan fingerprint density at radius 1 is 1.24 bits per heavy atom. The summed E-state index contributed by atoms with van der Waals surface area (Å²) in [5, 5.41) is 12.6. The molecule has 1 aliphatic heterocycles. The van der Waals surface area contributed by atoms with Gasteiger partial charge in [0.2, 0.25) is 5.43 Å². The number of anilines is 1. The molecule has 1 aliphatic carbocycles. The van der Waals surface area contributed by atoms with Gasteiger partial charge in [0.1, 0.15) is 11.4 Å². The summed E-state index contributed by atoms with van der Waals surface area (Å²) in [6.07, 6.45) is 3.29. The fraction of sp³-hybridized carbons (Fsp3) is 0.412. The number of benzene rings is 1. The van der Waals surface area contributed by atoms with E-state index >= 15 is 0 Å². The van der Waals surface area contributed by atoms with Crippen molar-refractivity contribution in [2.24, 2.45) is 0 Å². The molecule has 133 valence electrons. The van der Waals surface area contributed by atoms with E-state index in [0.717, 1.165) is 25.9 Å². The second kappa shape index (κ2) is 6.86. The van der Waals surface area contributed by atoms with Crippen LogP contribution in [-0.4, -0.2) is 41.8 Å². The molecule has 2 fully saturated rings. The maximum Gasteiger partial charge on any atom is 0.341 e. The molecule has 2 N–H and O–H groups in total. The molecule has 4 rings (SSSR count). The number of rotatable bonds is 3. The van der Waals surface area contributed by atoms with E-state index in [9.17, 15) is 19.1 Å². The molecule has 1 aromatic carbocycles. The number of nitrogens with zero attached hydrogens (tertiary/aromatic N) is 2. The SMILES string of the molecule is O=C(O)c1cn(C2CC2)c2cc(N3CCNCC3)c(F)cc2c1=O.[99Tc]. The van der Waals surface area contributed by atoms with Crippen molar-refractivity contribution in [1.29, 1.82) is 0 Å². The van der Waals surface area contributed by atoms with Crippen molar-refractivity contribution in [3.8, 4) is 0 Å². The third kappa shape index (κ3) is 3.21. The Balaban J connectivity index is 0.00000182.